The Morgan fingerprint density at radius 1 is 0.897 bits per heavy atom. The van der Waals surface area contributed by atoms with Crippen molar-refractivity contribution >= 4 is 11.8 Å². The summed E-state index contributed by atoms with van der Waals surface area (Å²) in [5, 5.41) is 2.71. The van der Waals surface area contributed by atoms with Gasteiger partial charge in [0.25, 0.3) is 0 Å². The van der Waals surface area contributed by atoms with Crippen LogP contribution in [0.5, 0.6) is 0 Å². The maximum Gasteiger partial charge on any atom is 0.241 e. The average molecular weight is 395 g/mol. The van der Waals surface area contributed by atoms with Crippen LogP contribution in [-0.2, 0) is 9.59 Å². The van der Waals surface area contributed by atoms with Gasteiger partial charge in [-0.1, -0.05) is 60.7 Å². The summed E-state index contributed by atoms with van der Waals surface area (Å²) in [5.41, 5.74) is 2.57. The van der Waals surface area contributed by atoms with Crippen LogP contribution < -0.4 is 5.32 Å². The third-order valence-electron chi connectivity index (χ3n) is 5.31. The zero-order valence-corrected chi connectivity index (χ0v) is 17.3. The lowest BCUT2D eigenvalue weighted by Gasteiger charge is -2.39. The minimum absolute atomic E-state index is 0.0515. The average Bonchev–Trinajstić information content (AvgIpc) is 2.75. The molecule has 1 aliphatic heterocycles. The van der Waals surface area contributed by atoms with Crippen molar-refractivity contribution in [3.8, 4) is 0 Å². The maximum absolute atomic E-state index is 12.2. The van der Waals surface area contributed by atoms with E-state index in [9.17, 15) is 9.59 Å². The van der Waals surface area contributed by atoms with Gasteiger partial charge < -0.3 is 10.2 Å². The van der Waals surface area contributed by atoms with Gasteiger partial charge >= 0.3 is 0 Å². The molecule has 1 N–H and O–H groups in total. The monoisotopic (exact) mass is 394 g/mol. The third-order valence-corrected chi connectivity index (χ3v) is 5.31. The molecule has 0 aromatic heterocycles. The number of likely N-dealkylation sites (N-methyl/N-ethyl adjacent to an activating group) is 1. The molecule has 0 aliphatic carbocycles. The van der Waals surface area contributed by atoms with Gasteiger partial charge in [-0.2, -0.15) is 0 Å². The number of nitrogens with zero attached hydrogens (tertiary/aromatic N) is 3. The topological polar surface area (TPSA) is 55.9 Å². The Morgan fingerprint density at radius 3 is 1.90 bits per heavy atom. The molecule has 3 rings (SSSR count). The Hall–Kier alpha value is -2.70. The van der Waals surface area contributed by atoms with E-state index in [0.29, 0.717) is 6.54 Å². The molecule has 2 aromatic rings. The molecule has 29 heavy (non-hydrogen) atoms. The maximum atomic E-state index is 12.2. The first-order valence-electron chi connectivity index (χ1n) is 10.1. The van der Waals surface area contributed by atoms with Crippen molar-refractivity contribution in [1.29, 1.82) is 0 Å². The minimum atomic E-state index is -0.101. The molecule has 6 nitrogen and oxygen atoms in total. The lowest BCUT2D eigenvalue weighted by atomic mass is 9.96. The summed E-state index contributed by atoms with van der Waals surface area (Å²) in [6, 6.07) is 21.4. The standard InChI is InChI=1S/C23H30N4O2/c1-25(2)22(29)17-24-21(28)18-26-13-15-27(16-14-26)23(19-9-5-3-6-10-19)20-11-7-4-8-12-20/h3-12,23H,13-18H2,1-2H3,(H,24,28). The Bertz CT molecular complexity index is 748. The molecule has 2 aromatic carbocycles. The molecular weight excluding hydrogens is 364 g/mol. The first-order valence-corrected chi connectivity index (χ1v) is 10.1. The van der Waals surface area contributed by atoms with Crippen LogP contribution in [0.4, 0.5) is 0 Å². The number of carbonyl (C=O) groups excluding carboxylic acids is 2. The molecule has 2 amide bonds. The Balaban J connectivity index is 1.58. The normalized spacial score (nSPS) is 15.3. The third kappa shape index (κ3) is 5.89. The highest BCUT2D eigenvalue weighted by molar-refractivity contribution is 5.85. The molecule has 0 bridgehead atoms. The van der Waals surface area contributed by atoms with E-state index in [0.717, 1.165) is 26.2 Å². The summed E-state index contributed by atoms with van der Waals surface area (Å²) in [6.45, 7) is 3.80. The number of hydrogen-bond acceptors (Lipinski definition) is 4. The number of nitrogens with one attached hydrogen (secondary N) is 1. The van der Waals surface area contributed by atoms with Crippen molar-refractivity contribution in [3.63, 3.8) is 0 Å². The molecule has 0 atom stereocenters. The highest BCUT2D eigenvalue weighted by atomic mass is 16.2. The molecule has 1 aliphatic rings. The van der Waals surface area contributed by atoms with Crippen LogP contribution in [0.1, 0.15) is 17.2 Å². The summed E-state index contributed by atoms with van der Waals surface area (Å²) in [6.07, 6.45) is 0. The summed E-state index contributed by atoms with van der Waals surface area (Å²) < 4.78 is 0. The van der Waals surface area contributed by atoms with Gasteiger partial charge in [-0.3, -0.25) is 19.4 Å². The molecule has 1 heterocycles. The summed E-state index contributed by atoms with van der Waals surface area (Å²) in [4.78, 5) is 29.9. The van der Waals surface area contributed by atoms with Crippen LogP contribution in [-0.4, -0.2) is 79.9 Å². The summed E-state index contributed by atoms with van der Waals surface area (Å²) in [7, 11) is 3.37. The first-order chi connectivity index (χ1) is 14.0. The smallest absolute Gasteiger partial charge is 0.241 e. The predicted molar refractivity (Wildman–Crippen MR) is 114 cm³/mol. The van der Waals surface area contributed by atoms with Crippen molar-refractivity contribution in [2.24, 2.45) is 0 Å². The summed E-state index contributed by atoms with van der Waals surface area (Å²) in [5.74, 6) is -0.201. The highest BCUT2D eigenvalue weighted by Gasteiger charge is 2.27. The van der Waals surface area contributed by atoms with Crippen LogP contribution in [0.15, 0.2) is 60.7 Å². The number of carbonyl (C=O) groups is 2. The second-order valence-electron chi connectivity index (χ2n) is 7.60. The van der Waals surface area contributed by atoms with Gasteiger partial charge in [0, 0.05) is 40.3 Å². The van der Waals surface area contributed by atoms with Gasteiger partial charge in [-0.25, -0.2) is 0 Å². The largest absolute Gasteiger partial charge is 0.347 e. The van der Waals surface area contributed by atoms with Crippen molar-refractivity contribution in [1.82, 2.24) is 20.0 Å². The molecule has 0 spiro atoms. The Kier molecular flexibility index (Phi) is 7.38. The molecule has 0 radical (unpaired) electrons. The predicted octanol–water partition coefficient (Wildman–Crippen LogP) is 1.60. The quantitative estimate of drug-likeness (QED) is 0.775. The van der Waals surface area contributed by atoms with Crippen LogP contribution in [0.3, 0.4) is 0 Å². The zero-order valence-electron chi connectivity index (χ0n) is 17.3. The van der Waals surface area contributed by atoms with E-state index >= 15 is 0 Å². The second kappa shape index (κ2) is 10.2. The second-order valence-corrected chi connectivity index (χ2v) is 7.60. The lowest BCUT2D eigenvalue weighted by molar-refractivity contribution is -0.131. The van der Waals surface area contributed by atoms with Gasteiger partial charge in [0.05, 0.1) is 19.1 Å². The lowest BCUT2D eigenvalue weighted by Crippen LogP contribution is -2.51. The fraction of sp³-hybridized carbons (Fsp3) is 0.391. The molecule has 1 saturated heterocycles. The van der Waals surface area contributed by atoms with E-state index in [-0.39, 0.29) is 24.4 Å². The van der Waals surface area contributed by atoms with E-state index in [1.807, 2.05) is 12.1 Å². The van der Waals surface area contributed by atoms with Crippen molar-refractivity contribution in [2.45, 2.75) is 6.04 Å². The molecule has 6 heteroatoms. The number of piperazine rings is 1. The first kappa shape index (κ1) is 21.0. The number of rotatable bonds is 7. The Morgan fingerprint density at radius 2 is 1.41 bits per heavy atom. The van der Waals surface area contributed by atoms with Crippen molar-refractivity contribution in [3.05, 3.63) is 71.8 Å². The van der Waals surface area contributed by atoms with E-state index in [1.54, 1.807) is 14.1 Å². The van der Waals surface area contributed by atoms with Crippen molar-refractivity contribution < 1.29 is 9.59 Å². The fourth-order valence-electron chi connectivity index (χ4n) is 3.66. The van der Waals surface area contributed by atoms with Crippen LogP contribution in [0.2, 0.25) is 0 Å². The zero-order chi connectivity index (χ0) is 20.6. The van der Waals surface area contributed by atoms with Gasteiger partial charge in [0.2, 0.25) is 11.8 Å². The van der Waals surface area contributed by atoms with Gasteiger partial charge in [-0.05, 0) is 11.1 Å². The molecule has 0 unspecified atom stereocenters. The Labute approximate surface area is 173 Å². The number of benzene rings is 2. The van der Waals surface area contributed by atoms with E-state index in [2.05, 4.69) is 63.6 Å². The summed E-state index contributed by atoms with van der Waals surface area (Å²) >= 11 is 0. The van der Waals surface area contributed by atoms with E-state index < -0.39 is 0 Å². The van der Waals surface area contributed by atoms with E-state index in [1.165, 1.54) is 16.0 Å². The van der Waals surface area contributed by atoms with Crippen LogP contribution in [0.25, 0.3) is 0 Å². The van der Waals surface area contributed by atoms with Crippen molar-refractivity contribution in [2.75, 3.05) is 53.4 Å². The van der Waals surface area contributed by atoms with Gasteiger partial charge in [0.15, 0.2) is 0 Å². The SMILES string of the molecule is CN(C)C(=O)CNC(=O)CN1CCN(C(c2ccccc2)c2ccccc2)CC1. The molecule has 154 valence electrons. The molecule has 1 fully saturated rings. The van der Waals surface area contributed by atoms with Gasteiger partial charge in [0.1, 0.15) is 0 Å². The fourth-order valence-corrected chi connectivity index (χ4v) is 3.66. The van der Waals surface area contributed by atoms with Crippen LogP contribution >= 0.6 is 0 Å². The van der Waals surface area contributed by atoms with Gasteiger partial charge in [-0.15, -0.1) is 0 Å². The molecular formula is C23H30N4O2. The number of hydrogen-bond donors (Lipinski definition) is 1. The highest BCUT2D eigenvalue weighted by Crippen LogP contribution is 2.29. The molecule has 0 saturated carbocycles. The minimum Gasteiger partial charge on any atom is -0.347 e. The van der Waals surface area contributed by atoms with E-state index in [4.69, 9.17) is 0 Å². The van der Waals surface area contributed by atoms with Crippen LogP contribution in [0, 0.1) is 0 Å². The number of amides is 2.